The van der Waals surface area contributed by atoms with Gasteiger partial charge in [0.15, 0.2) is 12.1 Å². The molecule has 0 radical (unpaired) electrons. The molecular formula is C17H18N3O2S+. The van der Waals surface area contributed by atoms with E-state index >= 15 is 0 Å². The fourth-order valence-corrected chi connectivity index (χ4v) is 3.66. The molecule has 0 aliphatic carbocycles. The molecule has 0 atom stereocenters. The number of amides is 1. The molecule has 1 fully saturated rings. The number of carbonyl (C=O) groups excluding carboxylic acids is 1. The molecule has 0 spiro atoms. The van der Waals surface area contributed by atoms with E-state index in [1.807, 2.05) is 46.7 Å². The summed E-state index contributed by atoms with van der Waals surface area (Å²) in [5.74, 6) is 0.931. The van der Waals surface area contributed by atoms with Crippen molar-refractivity contribution in [3.63, 3.8) is 0 Å². The number of quaternary nitrogens is 1. The Morgan fingerprint density at radius 3 is 2.78 bits per heavy atom. The summed E-state index contributed by atoms with van der Waals surface area (Å²) in [5.41, 5.74) is 1.75. The van der Waals surface area contributed by atoms with Crippen LogP contribution in [0.1, 0.15) is 15.6 Å². The maximum Gasteiger partial charge on any atom is 0.264 e. The summed E-state index contributed by atoms with van der Waals surface area (Å²) in [5, 5.41) is 1.95. The van der Waals surface area contributed by atoms with Gasteiger partial charge in [-0.3, -0.25) is 4.79 Å². The summed E-state index contributed by atoms with van der Waals surface area (Å²) < 4.78 is 5.79. The Hall–Kier alpha value is -2.18. The third-order valence-electron chi connectivity index (χ3n) is 4.23. The molecule has 4 rings (SSSR count). The normalized spacial score (nSPS) is 16.1. The van der Waals surface area contributed by atoms with E-state index < -0.39 is 0 Å². The van der Waals surface area contributed by atoms with Gasteiger partial charge in [-0.15, -0.1) is 11.3 Å². The molecule has 1 aliphatic rings. The predicted molar refractivity (Wildman–Crippen MR) is 88.6 cm³/mol. The fraction of sp³-hybridized carbons (Fsp3) is 0.294. The molecule has 1 amide bonds. The molecule has 1 aromatic carbocycles. The lowest BCUT2D eigenvalue weighted by Gasteiger charge is -2.31. The van der Waals surface area contributed by atoms with Crippen molar-refractivity contribution in [2.75, 3.05) is 26.2 Å². The van der Waals surface area contributed by atoms with E-state index in [1.54, 1.807) is 0 Å². The van der Waals surface area contributed by atoms with Gasteiger partial charge in [0.2, 0.25) is 0 Å². The second-order valence-electron chi connectivity index (χ2n) is 5.77. The maximum absolute atomic E-state index is 12.3. The van der Waals surface area contributed by atoms with Gasteiger partial charge >= 0.3 is 0 Å². The highest BCUT2D eigenvalue weighted by Crippen LogP contribution is 2.14. The Morgan fingerprint density at radius 1 is 1.22 bits per heavy atom. The molecule has 0 bridgehead atoms. The van der Waals surface area contributed by atoms with Gasteiger partial charge < -0.3 is 14.2 Å². The number of hydrogen-bond donors (Lipinski definition) is 1. The molecular weight excluding hydrogens is 310 g/mol. The zero-order valence-electron chi connectivity index (χ0n) is 12.7. The molecule has 2 aromatic heterocycles. The molecule has 5 nitrogen and oxygen atoms in total. The monoisotopic (exact) mass is 328 g/mol. The molecule has 3 aromatic rings. The first-order valence-corrected chi connectivity index (χ1v) is 8.68. The average Bonchev–Trinajstić information content (AvgIpc) is 3.24. The topological polar surface area (TPSA) is 50.8 Å². The molecule has 118 valence electrons. The van der Waals surface area contributed by atoms with Gasteiger partial charge in [0.25, 0.3) is 11.8 Å². The maximum atomic E-state index is 12.3. The predicted octanol–water partition coefficient (Wildman–Crippen LogP) is 1.43. The molecule has 0 unspecified atom stereocenters. The Bertz CT molecular complexity index is 771. The van der Waals surface area contributed by atoms with Gasteiger partial charge in [-0.2, -0.15) is 0 Å². The standard InChI is InChI=1S/C17H17N3O2S/c21-17(15-6-3-11-23-15)20-9-7-19(8-10-20)12-16-18-13-4-1-2-5-14(13)22-16/h1-6,11H,7-10,12H2/p+1. The number of carbonyl (C=O) groups is 1. The number of oxazole rings is 1. The van der Waals surface area contributed by atoms with Crippen LogP contribution in [0.25, 0.3) is 11.1 Å². The van der Waals surface area contributed by atoms with Crippen LogP contribution in [0.4, 0.5) is 0 Å². The number of aromatic nitrogens is 1. The Morgan fingerprint density at radius 2 is 2.04 bits per heavy atom. The summed E-state index contributed by atoms with van der Waals surface area (Å²) >= 11 is 1.51. The number of fused-ring (bicyclic) bond motifs is 1. The minimum absolute atomic E-state index is 0.154. The van der Waals surface area contributed by atoms with Crippen molar-refractivity contribution >= 4 is 28.3 Å². The quantitative estimate of drug-likeness (QED) is 0.791. The van der Waals surface area contributed by atoms with Crippen molar-refractivity contribution in [3.05, 3.63) is 52.5 Å². The minimum Gasteiger partial charge on any atom is -0.435 e. The third-order valence-corrected chi connectivity index (χ3v) is 5.09. The van der Waals surface area contributed by atoms with E-state index in [2.05, 4.69) is 4.98 Å². The Kier molecular flexibility index (Phi) is 3.85. The van der Waals surface area contributed by atoms with Crippen molar-refractivity contribution in [2.24, 2.45) is 0 Å². The molecule has 23 heavy (non-hydrogen) atoms. The number of thiophene rings is 1. The van der Waals surface area contributed by atoms with Crippen molar-refractivity contribution < 1.29 is 14.1 Å². The van der Waals surface area contributed by atoms with Crippen LogP contribution in [0.2, 0.25) is 0 Å². The summed E-state index contributed by atoms with van der Waals surface area (Å²) in [6, 6.07) is 11.7. The second-order valence-corrected chi connectivity index (χ2v) is 6.72. The van der Waals surface area contributed by atoms with Crippen LogP contribution in [0.5, 0.6) is 0 Å². The molecule has 0 saturated carbocycles. The summed E-state index contributed by atoms with van der Waals surface area (Å²) in [6.07, 6.45) is 0. The lowest BCUT2D eigenvalue weighted by atomic mass is 10.3. The Labute approximate surface area is 138 Å². The number of hydrogen-bond acceptors (Lipinski definition) is 4. The van der Waals surface area contributed by atoms with E-state index in [9.17, 15) is 4.79 Å². The van der Waals surface area contributed by atoms with Crippen LogP contribution in [0.15, 0.2) is 46.2 Å². The van der Waals surface area contributed by atoms with Gasteiger partial charge in [-0.1, -0.05) is 18.2 Å². The van der Waals surface area contributed by atoms with Gasteiger partial charge in [0.05, 0.1) is 31.1 Å². The van der Waals surface area contributed by atoms with E-state index in [1.165, 1.54) is 16.2 Å². The second kappa shape index (κ2) is 6.14. The lowest BCUT2D eigenvalue weighted by Crippen LogP contribution is -3.13. The summed E-state index contributed by atoms with van der Waals surface area (Å²) in [7, 11) is 0. The molecule has 1 saturated heterocycles. The smallest absolute Gasteiger partial charge is 0.264 e. The van der Waals surface area contributed by atoms with E-state index in [0.29, 0.717) is 0 Å². The van der Waals surface area contributed by atoms with Crippen molar-refractivity contribution in [1.29, 1.82) is 0 Å². The summed E-state index contributed by atoms with van der Waals surface area (Å²) in [6.45, 7) is 4.19. The van der Waals surface area contributed by atoms with Gasteiger partial charge in [0.1, 0.15) is 5.52 Å². The first-order valence-electron chi connectivity index (χ1n) is 7.80. The van der Waals surface area contributed by atoms with Gasteiger partial charge in [-0.25, -0.2) is 4.98 Å². The molecule has 1 N–H and O–H groups in total. The number of rotatable bonds is 3. The zero-order chi connectivity index (χ0) is 15.6. The van der Waals surface area contributed by atoms with E-state index in [4.69, 9.17) is 4.42 Å². The van der Waals surface area contributed by atoms with Crippen molar-refractivity contribution in [1.82, 2.24) is 9.88 Å². The van der Waals surface area contributed by atoms with Crippen molar-refractivity contribution in [3.8, 4) is 0 Å². The molecule has 3 heterocycles. The summed E-state index contributed by atoms with van der Waals surface area (Å²) in [4.78, 5) is 21.1. The van der Waals surface area contributed by atoms with Crippen LogP contribution < -0.4 is 4.90 Å². The Balaban J connectivity index is 1.37. The van der Waals surface area contributed by atoms with Crippen LogP contribution >= 0.6 is 11.3 Å². The molecule has 6 heteroatoms. The number of nitrogens with zero attached hydrogens (tertiary/aromatic N) is 2. The minimum atomic E-state index is 0.154. The molecule has 1 aliphatic heterocycles. The third kappa shape index (κ3) is 3.00. The zero-order valence-corrected chi connectivity index (χ0v) is 13.5. The van der Waals surface area contributed by atoms with Crippen LogP contribution in [0, 0.1) is 0 Å². The average molecular weight is 328 g/mol. The van der Waals surface area contributed by atoms with Crippen LogP contribution in [0.3, 0.4) is 0 Å². The van der Waals surface area contributed by atoms with E-state index in [-0.39, 0.29) is 5.91 Å². The highest BCUT2D eigenvalue weighted by atomic mass is 32.1. The van der Waals surface area contributed by atoms with E-state index in [0.717, 1.165) is 54.6 Å². The fourth-order valence-electron chi connectivity index (χ4n) is 2.97. The number of benzene rings is 1. The lowest BCUT2D eigenvalue weighted by molar-refractivity contribution is -0.918. The first kappa shape index (κ1) is 14.4. The number of piperazine rings is 1. The van der Waals surface area contributed by atoms with Gasteiger partial charge in [0, 0.05) is 0 Å². The number of para-hydroxylation sites is 2. The van der Waals surface area contributed by atoms with Crippen molar-refractivity contribution in [2.45, 2.75) is 6.54 Å². The SMILES string of the molecule is O=C(c1cccs1)N1CC[NH+](Cc2nc3ccccc3o2)CC1. The highest BCUT2D eigenvalue weighted by molar-refractivity contribution is 7.12. The number of nitrogens with one attached hydrogen (secondary N) is 1. The van der Waals surface area contributed by atoms with Crippen LogP contribution in [-0.4, -0.2) is 42.0 Å². The highest BCUT2D eigenvalue weighted by Gasteiger charge is 2.26. The van der Waals surface area contributed by atoms with Crippen LogP contribution in [-0.2, 0) is 6.54 Å². The first-order chi connectivity index (χ1) is 11.3. The van der Waals surface area contributed by atoms with Gasteiger partial charge in [-0.05, 0) is 23.6 Å². The largest absolute Gasteiger partial charge is 0.435 e.